The van der Waals surface area contributed by atoms with Crippen LogP contribution in [0.4, 0.5) is 0 Å². The second kappa shape index (κ2) is 6.60. The molecule has 1 aliphatic carbocycles. The molecule has 2 aromatic carbocycles. The van der Waals surface area contributed by atoms with Gasteiger partial charge in [0.1, 0.15) is 0 Å². The van der Waals surface area contributed by atoms with Gasteiger partial charge in [0.05, 0.1) is 11.3 Å². The number of nitrogens with zero attached hydrogens (tertiary/aromatic N) is 1. The van der Waals surface area contributed by atoms with Gasteiger partial charge in [-0.2, -0.15) is 0 Å². The smallest absolute Gasteiger partial charge is 0.308 e. The number of amides is 1. The predicted octanol–water partition coefficient (Wildman–Crippen LogP) is 3.44. The molecular weight excluding hydrogens is 326 g/mol. The molecule has 1 amide bonds. The fourth-order valence-corrected chi connectivity index (χ4v) is 4.47. The Morgan fingerprint density at radius 1 is 0.923 bits per heavy atom. The van der Waals surface area contributed by atoms with Crippen LogP contribution in [0, 0.1) is 5.92 Å². The minimum absolute atomic E-state index is 0.0969. The van der Waals surface area contributed by atoms with Gasteiger partial charge < -0.3 is 10.0 Å². The first-order valence-corrected chi connectivity index (χ1v) is 9.24. The van der Waals surface area contributed by atoms with Gasteiger partial charge in [0.15, 0.2) is 0 Å². The van der Waals surface area contributed by atoms with Crippen molar-refractivity contribution < 1.29 is 14.7 Å². The molecule has 2 fully saturated rings. The summed E-state index contributed by atoms with van der Waals surface area (Å²) < 4.78 is 0. The number of carboxylic acid groups (broad SMARTS) is 1. The maximum absolute atomic E-state index is 13.4. The van der Waals surface area contributed by atoms with Crippen LogP contribution in [0.15, 0.2) is 60.7 Å². The van der Waals surface area contributed by atoms with Crippen molar-refractivity contribution in [1.29, 1.82) is 0 Å². The van der Waals surface area contributed by atoms with Crippen LogP contribution in [0.1, 0.15) is 36.3 Å². The fraction of sp³-hybridized carbons (Fsp3) is 0.364. The average molecular weight is 349 g/mol. The molecule has 0 aromatic heterocycles. The van der Waals surface area contributed by atoms with Crippen LogP contribution in [-0.2, 0) is 15.0 Å². The normalized spacial score (nSPS) is 24.1. The molecule has 0 radical (unpaired) electrons. The molecular formula is C22H23NO3. The van der Waals surface area contributed by atoms with Crippen LogP contribution < -0.4 is 0 Å². The zero-order valence-corrected chi connectivity index (χ0v) is 14.7. The predicted molar refractivity (Wildman–Crippen MR) is 98.9 cm³/mol. The van der Waals surface area contributed by atoms with Crippen LogP contribution in [-0.4, -0.2) is 35.0 Å². The zero-order chi connectivity index (χ0) is 18.1. The number of hydrogen-bond donors (Lipinski definition) is 1. The third-order valence-corrected chi connectivity index (χ3v) is 6.09. The quantitative estimate of drug-likeness (QED) is 0.920. The van der Waals surface area contributed by atoms with E-state index in [1.54, 1.807) is 4.90 Å². The first kappa shape index (κ1) is 16.8. The maximum atomic E-state index is 13.4. The first-order valence-electron chi connectivity index (χ1n) is 9.24. The molecule has 2 atom stereocenters. The van der Waals surface area contributed by atoms with Gasteiger partial charge in [-0.3, -0.25) is 9.59 Å². The molecule has 4 nitrogen and oxygen atoms in total. The van der Waals surface area contributed by atoms with Gasteiger partial charge in [0, 0.05) is 19.0 Å². The van der Waals surface area contributed by atoms with Crippen molar-refractivity contribution in [3.63, 3.8) is 0 Å². The van der Waals surface area contributed by atoms with Crippen molar-refractivity contribution in [3.05, 3.63) is 71.8 Å². The summed E-state index contributed by atoms with van der Waals surface area (Å²) in [4.78, 5) is 27.0. The molecule has 1 aliphatic heterocycles. The van der Waals surface area contributed by atoms with Gasteiger partial charge >= 0.3 is 5.97 Å². The number of rotatable bonds is 4. The average Bonchev–Trinajstić information content (AvgIpc) is 3.08. The zero-order valence-electron chi connectivity index (χ0n) is 14.7. The van der Waals surface area contributed by atoms with Crippen molar-refractivity contribution in [2.24, 2.45) is 5.92 Å². The highest BCUT2D eigenvalue weighted by Crippen LogP contribution is 2.46. The number of benzene rings is 2. The van der Waals surface area contributed by atoms with Gasteiger partial charge in [-0.25, -0.2) is 0 Å². The summed E-state index contributed by atoms with van der Waals surface area (Å²) in [6.07, 6.45) is 2.74. The van der Waals surface area contributed by atoms with Gasteiger partial charge in [0.25, 0.3) is 0 Å². The van der Waals surface area contributed by atoms with Crippen molar-refractivity contribution in [1.82, 2.24) is 4.90 Å². The summed E-state index contributed by atoms with van der Waals surface area (Å²) in [6, 6.07) is 19.7. The Balaban J connectivity index is 1.62. The van der Waals surface area contributed by atoms with Crippen LogP contribution in [0.5, 0.6) is 0 Å². The molecule has 4 rings (SSSR count). The highest BCUT2D eigenvalue weighted by Gasteiger charge is 2.51. The van der Waals surface area contributed by atoms with E-state index in [0.29, 0.717) is 13.1 Å². The Kier molecular flexibility index (Phi) is 4.27. The van der Waals surface area contributed by atoms with Crippen LogP contribution in [0.3, 0.4) is 0 Å². The number of carboxylic acids is 1. The Labute approximate surface area is 153 Å². The molecule has 1 saturated carbocycles. The van der Waals surface area contributed by atoms with E-state index in [9.17, 15) is 14.7 Å². The van der Waals surface area contributed by atoms with Gasteiger partial charge in [0.2, 0.25) is 5.91 Å². The Morgan fingerprint density at radius 2 is 1.54 bits per heavy atom. The third kappa shape index (κ3) is 2.70. The highest BCUT2D eigenvalue weighted by molar-refractivity contribution is 5.90. The second-order valence-electron chi connectivity index (χ2n) is 7.47. The monoisotopic (exact) mass is 349 g/mol. The van der Waals surface area contributed by atoms with E-state index < -0.39 is 17.3 Å². The van der Waals surface area contributed by atoms with E-state index in [2.05, 4.69) is 0 Å². The third-order valence-electron chi connectivity index (χ3n) is 6.09. The van der Waals surface area contributed by atoms with Crippen LogP contribution in [0.2, 0.25) is 0 Å². The topological polar surface area (TPSA) is 57.6 Å². The summed E-state index contributed by atoms with van der Waals surface area (Å²) >= 11 is 0. The SMILES string of the molecule is O=C(O)[C@@H]1CN(C(=O)C2(c3ccccc3)CCC2)C[C@@H]1c1ccccc1. The molecule has 2 aliphatic rings. The van der Waals surface area contributed by atoms with Crippen molar-refractivity contribution >= 4 is 11.9 Å². The summed E-state index contributed by atoms with van der Waals surface area (Å²) in [7, 11) is 0. The van der Waals surface area contributed by atoms with E-state index in [1.807, 2.05) is 60.7 Å². The molecule has 0 bridgehead atoms. The van der Waals surface area contributed by atoms with Crippen LogP contribution in [0.25, 0.3) is 0 Å². The number of aliphatic carboxylic acids is 1. The Hall–Kier alpha value is -2.62. The largest absolute Gasteiger partial charge is 0.481 e. The van der Waals surface area contributed by atoms with E-state index in [-0.39, 0.29) is 11.8 Å². The number of carbonyl (C=O) groups excluding carboxylic acids is 1. The van der Waals surface area contributed by atoms with Gasteiger partial charge in [-0.1, -0.05) is 67.1 Å². The molecule has 0 unspecified atom stereocenters. The lowest BCUT2D eigenvalue weighted by molar-refractivity contribution is -0.143. The molecule has 1 N–H and O–H groups in total. The van der Waals surface area contributed by atoms with E-state index in [4.69, 9.17) is 0 Å². The van der Waals surface area contributed by atoms with E-state index in [0.717, 1.165) is 30.4 Å². The van der Waals surface area contributed by atoms with E-state index >= 15 is 0 Å². The number of carbonyl (C=O) groups is 2. The fourth-order valence-electron chi connectivity index (χ4n) is 4.47. The number of hydrogen-bond acceptors (Lipinski definition) is 2. The molecule has 0 spiro atoms. The minimum atomic E-state index is -0.823. The maximum Gasteiger partial charge on any atom is 0.308 e. The summed E-state index contributed by atoms with van der Waals surface area (Å²) in [5.74, 6) is -1.42. The molecule has 2 aromatic rings. The molecule has 1 heterocycles. The van der Waals surface area contributed by atoms with Crippen molar-refractivity contribution in [2.45, 2.75) is 30.6 Å². The lowest BCUT2D eigenvalue weighted by atomic mass is 9.63. The second-order valence-corrected chi connectivity index (χ2v) is 7.47. The highest BCUT2D eigenvalue weighted by atomic mass is 16.4. The van der Waals surface area contributed by atoms with Crippen molar-refractivity contribution in [2.75, 3.05) is 13.1 Å². The lowest BCUT2D eigenvalue weighted by Crippen LogP contribution is -2.50. The summed E-state index contributed by atoms with van der Waals surface area (Å²) in [6.45, 7) is 0.775. The van der Waals surface area contributed by atoms with Gasteiger partial charge in [-0.05, 0) is 24.0 Å². The Bertz CT molecular complexity index is 799. The standard InChI is InChI=1S/C22H23NO3/c24-20(25)19-15-23(14-18(19)16-8-3-1-4-9-16)21(26)22(12-7-13-22)17-10-5-2-6-11-17/h1-6,8-11,18-19H,7,12-15H2,(H,24,25)/t18-,19-/m1/s1. The molecule has 4 heteroatoms. The summed E-state index contributed by atoms with van der Waals surface area (Å²) in [5.41, 5.74) is 1.60. The lowest BCUT2D eigenvalue weighted by Gasteiger charge is -2.43. The number of likely N-dealkylation sites (tertiary alicyclic amines) is 1. The first-order chi connectivity index (χ1) is 12.6. The molecule has 134 valence electrons. The molecule has 1 saturated heterocycles. The van der Waals surface area contributed by atoms with Crippen LogP contribution >= 0.6 is 0 Å². The van der Waals surface area contributed by atoms with Crippen molar-refractivity contribution in [3.8, 4) is 0 Å². The van der Waals surface area contributed by atoms with E-state index in [1.165, 1.54) is 0 Å². The minimum Gasteiger partial charge on any atom is -0.481 e. The molecule has 26 heavy (non-hydrogen) atoms. The Morgan fingerprint density at radius 3 is 2.08 bits per heavy atom. The summed E-state index contributed by atoms with van der Waals surface area (Å²) in [5, 5.41) is 9.70. The van der Waals surface area contributed by atoms with Gasteiger partial charge in [-0.15, -0.1) is 0 Å².